The Bertz CT molecular complexity index is 2610. The number of rotatable bonds is 9. The van der Waals surface area contributed by atoms with E-state index in [9.17, 15) is 62.3 Å². The van der Waals surface area contributed by atoms with Crippen LogP contribution in [-0.2, 0) is 34.2 Å². The smallest absolute Gasteiger partial charge is 0.416 e. The van der Waals surface area contributed by atoms with Gasteiger partial charge in [-0.2, -0.15) is 52.7 Å². The van der Waals surface area contributed by atoms with Gasteiger partial charge in [0.15, 0.2) is 0 Å². The van der Waals surface area contributed by atoms with Crippen molar-refractivity contribution in [1.82, 2.24) is 0 Å². The van der Waals surface area contributed by atoms with Gasteiger partial charge in [-0.25, -0.2) is 9.59 Å². The number of hydrogen-bond acceptors (Lipinski definition) is 6. The normalized spacial score (nSPS) is 13.2. The van der Waals surface area contributed by atoms with E-state index in [0.29, 0.717) is 24.3 Å². The number of ether oxygens (including phenoxy) is 2. The molecule has 2 atom stereocenters. The summed E-state index contributed by atoms with van der Waals surface area (Å²) in [4.78, 5) is 27.1. The lowest BCUT2D eigenvalue weighted by atomic mass is 9.89. The lowest BCUT2D eigenvalue weighted by Crippen LogP contribution is -2.17. The van der Waals surface area contributed by atoms with Crippen molar-refractivity contribution in [1.29, 1.82) is 0 Å². The van der Waals surface area contributed by atoms with Gasteiger partial charge in [0, 0.05) is 21.7 Å². The third kappa shape index (κ3) is 9.50. The molecule has 0 heterocycles. The largest absolute Gasteiger partial charge is 0.471 e. The van der Waals surface area contributed by atoms with Crippen LogP contribution in [0.25, 0.3) is 32.7 Å². The van der Waals surface area contributed by atoms with Gasteiger partial charge in [-0.15, -0.1) is 0 Å². The molecule has 2 unspecified atom stereocenters. The molecule has 0 bridgehead atoms. The molecule has 0 aliphatic rings. The molecule has 0 fully saturated rings. The highest BCUT2D eigenvalue weighted by Gasteiger charge is 2.39. The summed E-state index contributed by atoms with van der Waals surface area (Å²) in [5, 5.41) is -0.333. The summed E-state index contributed by atoms with van der Waals surface area (Å²) < 4.78 is 189. The van der Waals surface area contributed by atoms with Gasteiger partial charge in [-0.1, -0.05) is 48.5 Å². The topological polar surface area (TPSA) is 71.1 Å². The molecule has 6 aromatic rings. The minimum absolute atomic E-state index is 0.0785. The second kappa shape index (κ2) is 16.7. The Morgan fingerprint density at radius 2 is 0.902 bits per heavy atom. The van der Waals surface area contributed by atoms with Crippen molar-refractivity contribution in [2.75, 3.05) is 20.9 Å². The maximum absolute atomic E-state index is 14.0. The van der Waals surface area contributed by atoms with E-state index in [1.54, 1.807) is 12.1 Å². The van der Waals surface area contributed by atoms with Crippen molar-refractivity contribution in [3.63, 3.8) is 0 Å². The van der Waals surface area contributed by atoms with E-state index in [4.69, 9.17) is 18.5 Å². The van der Waals surface area contributed by atoms with Gasteiger partial charge in [-0.3, -0.25) is 0 Å². The van der Waals surface area contributed by atoms with E-state index in [1.807, 2.05) is 0 Å². The molecule has 0 saturated carbocycles. The van der Waals surface area contributed by atoms with Crippen molar-refractivity contribution in [3.05, 3.63) is 130 Å². The average Bonchev–Trinajstić information content (AvgIpc) is 3.20. The summed E-state index contributed by atoms with van der Waals surface area (Å²) in [6.45, 7) is 1.17. The fraction of sp³-hybridized carbons (Fsp3) is 0.171. The highest BCUT2D eigenvalue weighted by atomic mass is 31.1. The van der Waals surface area contributed by atoms with Crippen LogP contribution in [-0.4, -0.2) is 32.8 Å². The maximum Gasteiger partial charge on any atom is 0.416 e. The summed E-state index contributed by atoms with van der Waals surface area (Å²) in [5.41, 5.74) is -7.80. The van der Waals surface area contributed by atoms with E-state index in [0.717, 1.165) is 14.2 Å². The standard InChI is InChI=1S/C41H26F12O6P2/c1-56-36(54)30-12-20-8-4-6-10-28(20)32(34(30)58-60-26-16-22(38(42,43)44)14-23(17-26)39(45,46)47)33-29-11-7-5-9-21(29)13-31(37(55)57-2)35(33)59-61(3)27-18-24(40(48,49)50)15-25(19-27)41(51,52)53/h4-19,60H,1-3H3. The molecule has 0 amide bonds. The van der Waals surface area contributed by atoms with Crippen LogP contribution >= 0.6 is 17.0 Å². The first kappa shape index (κ1) is 44.9. The van der Waals surface area contributed by atoms with Crippen molar-refractivity contribution in [2.45, 2.75) is 24.7 Å². The third-order valence-electron chi connectivity index (χ3n) is 9.09. The third-order valence-corrected chi connectivity index (χ3v) is 11.4. The fourth-order valence-electron chi connectivity index (χ4n) is 6.31. The monoisotopic (exact) mass is 904 g/mol. The lowest BCUT2D eigenvalue weighted by Gasteiger charge is -2.25. The molecule has 6 aromatic carbocycles. The van der Waals surface area contributed by atoms with Crippen molar-refractivity contribution in [2.24, 2.45) is 0 Å². The summed E-state index contributed by atoms with van der Waals surface area (Å²) >= 11 is 0. The van der Waals surface area contributed by atoms with Crippen molar-refractivity contribution in [3.8, 4) is 22.6 Å². The van der Waals surface area contributed by atoms with Gasteiger partial charge in [0.05, 0.1) is 36.5 Å². The Kier molecular flexibility index (Phi) is 12.3. The molecule has 0 aromatic heterocycles. The second-order valence-electron chi connectivity index (χ2n) is 13.0. The van der Waals surface area contributed by atoms with Crippen molar-refractivity contribution < 1.29 is 80.8 Å². The summed E-state index contributed by atoms with van der Waals surface area (Å²) in [6, 6.07) is 16.2. The molecular formula is C41H26F12O6P2. The summed E-state index contributed by atoms with van der Waals surface area (Å²) in [7, 11) is -2.02. The molecule has 0 spiro atoms. The quantitative estimate of drug-likeness (QED) is 0.0818. The zero-order valence-corrected chi connectivity index (χ0v) is 33.1. The Morgan fingerprint density at radius 1 is 0.525 bits per heavy atom. The zero-order valence-electron chi connectivity index (χ0n) is 31.2. The number of alkyl halides is 12. The van der Waals surface area contributed by atoms with E-state index in [1.165, 1.54) is 55.2 Å². The van der Waals surface area contributed by atoms with Crippen LogP contribution in [0.3, 0.4) is 0 Å². The number of esters is 2. The van der Waals surface area contributed by atoms with E-state index in [-0.39, 0.29) is 44.8 Å². The predicted octanol–water partition coefficient (Wildman–Crippen LogP) is 12.3. The van der Waals surface area contributed by atoms with Gasteiger partial charge < -0.3 is 18.5 Å². The van der Waals surface area contributed by atoms with E-state index in [2.05, 4.69) is 0 Å². The minimum atomic E-state index is -5.24. The molecule has 320 valence electrons. The van der Waals surface area contributed by atoms with Crippen LogP contribution in [0, 0.1) is 0 Å². The van der Waals surface area contributed by atoms with E-state index < -0.39 is 109 Å². The fourth-order valence-corrected chi connectivity index (χ4v) is 8.38. The van der Waals surface area contributed by atoms with Gasteiger partial charge in [0.1, 0.15) is 39.6 Å². The van der Waals surface area contributed by atoms with Gasteiger partial charge >= 0.3 is 36.6 Å². The molecule has 6 nitrogen and oxygen atoms in total. The molecule has 0 radical (unpaired) electrons. The summed E-state index contributed by atoms with van der Waals surface area (Å²) in [5.74, 6) is -3.22. The molecule has 6 rings (SSSR count). The number of halogens is 12. The average molecular weight is 905 g/mol. The Hall–Kier alpha value is -5.60. The molecular weight excluding hydrogens is 878 g/mol. The van der Waals surface area contributed by atoms with Gasteiger partial charge in [-0.05, 0) is 76.7 Å². The van der Waals surface area contributed by atoms with Gasteiger partial charge in [0.2, 0.25) is 0 Å². The number of methoxy groups -OCH3 is 2. The molecule has 0 saturated heterocycles. The van der Waals surface area contributed by atoms with Crippen molar-refractivity contribution >= 4 is 61.0 Å². The van der Waals surface area contributed by atoms with Crippen LogP contribution < -0.4 is 19.7 Å². The predicted molar refractivity (Wildman–Crippen MR) is 204 cm³/mol. The first-order chi connectivity index (χ1) is 28.4. The Balaban J connectivity index is 1.70. The minimum Gasteiger partial charge on any atom is -0.471 e. The highest BCUT2D eigenvalue weighted by Crippen LogP contribution is 2.53. The molecule has 0 N–H and O–H groups in total. The van der Waals surface area contributed by atoms with Crippen LogP contribution in [0.15, 0.2) is 97.1 Å². The van der Waals surface area contributed by atoms with Crippen LogP contribution in [0.5, 0.6) is 11.5 Å². The SMILES string of the molecule is COC(=O)c1cc2ccccc2c(-c2c(OP(C)c3cc(C(F)(F)F)cc(C(F)(F)F)c3)c(C(=O)OC)cc3ccccc23)c1OPc1cc(C(F)(F)F)cc(C(F)(F)F)c1. The number of benzene rings is 6. The lowest BCUT2D eigenvalue weighted by molar-refractivity contribution is -0.144. The van der Waals surface area contributed by atoms with Crippen LogP contribution in [0.4, 0.5) is 52.7 Å². The summed E-state index contributed by atoms with van der Waals surface area (Å²) in [6.07, 6.45) is -20.9. The first-order valence-corrected chi connectivity index (χ1v) is 19.8. The molecule has 20 heteroatoms. The van der Waals surface area contributed by atoms with E-state index >= 15 is 0 Å². The zero-order chi connectivity index (χ0) is 44.8. The van der Waals surface area contributed by atoms with Gasteiger partial charge in [0.25, 0.3) is 0 Å². The Labute approximate surface area is 340 Å². The van der Waals surface area contributed by atoms with Crippen LogP contribution in [0.2, 0.25) is 0 Å². The number of hydrogen-bond donors (Lipinski definition) is 0. The Morgan fingerprint density at radius 3 is 1.31 bits per heavy atom. The first-order valence-electron chi connectivity index (χ1n) is 17.1. The molecule has 0 aliphatic carbocycles. The van der Waals surface area contributed by atoms with Crippen LogP contribution in [0.1, 0.15) is 43.0 Å². The molecule has 61 heavy (non-hydrogen) atoms. The number of carbonyl (C=O) groups excluding carboxylic acids is 2. The number of fused-ring (bicyclic) bond motifs is 2. The number of carbonyl (C=O) groups is 2. The second-order valence-corrected chi connectivity index (χ2v) is 15.7. The highest BCUT2D eigenvalue weighted by molar-refractivity contribution is 7.60. The maximum atomic E-state index is 14.0. The molecule has 0 aliphatic heterocycles.